The van der Waals surface area contributed by atoms with Crippen LogP contribution in [-0.2, 0) is 0 Å². The summed E-state index contributed by atoms with van der Waals surface area (Å²) in [6.45, 7) is 2.75. The van der Waals surface area contributed by atoms with Crippen molar-refractivity contribution in [2.24, 2.45) is 11.3 Å². The van der Waals surface area contributed by atoms with Crippen LogP contribution < -0.4 is 0 Å². The van der Waals surface area contributed by atoms with Gasteiger partial charge >= 0.3 is 0 Å². The lowest BCUT2D eigenvalue weighted by Gasteiger charge is -2.29. The van der Waals surface area contributed by atoms with Crippen molar-refractivity contribution in [3.8, 4) is 0 Å². The van der Waals surface area contributed by atoms with Crippen molar-refractivity contribution in [1.29, 1.82) is 0 Å². The van der Waals surface area contributed by atoms with Gasteiger partial charge < -0.3 is 5.11 Å². The standard InChI is InChI=1S/C9H16OS/c1-7-9(3-2-4-11-7)5-8(9)6-10/h7-8,10H,2-6H2,1H3. The first-order valence-electron chi connectivity index (χ1n) is 4.52. The molecule has 11 heavy (non-hydrogen) atoms. The Hall–Kier alpha value is 0.310. The molecule has 1 aliphatic carbocycles. The molecule has 2 aliphatic rings. The Morgan fingerprint density at radius 2 is 2.45 bits per heavy atom. The van der Waals surface area contributed by atoms with E-state index in [0.29, 0.717) is 17.9 Å². The number of aliphatic hydroxyl groups is 1. The van der Waals surface area contributed by atoms with Gasteiger partial charge in [-0.05, 0) is 36.3 Å². The summed E-state index contributed by atoms with van der Waals surface area (Å²) in [5, 5.41) is 9.83. The summed E-state index contributed by atoms with van der Waals surface area (Å²) in [6.07, 6.45) is 4.02. The molecule has 3 unspecified atom stereocenters. The summed E-state index contributed by atoms with van der Waals surface area (Å²) in [7, 11) is 0. The van der Waals surface area contributed by atoms with E-state index in [9.17, 15) is 0 Å². The lowest BCUT2D eigenvalue weighted by molar-refractivity contribution is 0.241. The third kappa shape index (κ3) is 1.11. The highest BCUT2D eigenvalue weighted by Crippen LogP contribution is 2.63. The van der Waals surface area contributed by atoms with Crippen molar-refractivity contribution in [2.45, 2.75) is 31.4 Å². The van der Waals surface area contributed by atoms with E-state index in [1.165, 1.54) is 25.0 Å². The summed E-state index contributed by atoms with van der Waals surface area (Å²) >= 11 is 2.10. The van der Waals surface area contributed by atoms with Crippen molar-refractivity contribution >= 4 is 11.8 Å². The number of thioether (sulfide) groups is 1. The molecule has 3 atom stereocenters. The van der Waals surface area contributed by atoms with Gasteiger partial charge in [-0.25, -0.2) is 0 Å². The van der Waals surface area contributed by atoms with Crippen LogP contribution in [0.2, 0.25) is 0 Å². The van der Waals surface area contributed by atoms with Crippen molar-refractivity contribution in [3.05, 3.63) is 0 Å². The van der Waals surface area contributed by atoms with Gasteiger partial charge in [0.25, 0.3) is 0 Å². The van der Waals surface area contributed by atoms with Gasteiger partial charge in [-0.15, -0.1) is 0 Å². The predicted octanol–water partition coefficient (Wildman–Crippen LogP) is 1.90. The van der Waals surface area contributed by atoms with Gasteiger partial charge in [-0.3, -0.25) is 0 Å². The van der Waals surface area contributed by atoms with Crippen LogP contribution in [-0.4, -0.2) is 22.7 Å². The second-order valence-corrected chi connectivity index (χ2v) is 5.38. The first-order valence-corrected chi connectivity index (χ1v) is 5.57. The SMILES string of the molecule is CC1SCCCC12CC2CO. The molecule has 0 bridgehead atoms. The average molecular weight is 172 g/mol. The Morgan fingerprint density at radius 1 is 1.64 bits per heavy atom. The molecule has 1 spiro atoms. The Morgan fingerprint density at radius 3 is 3.00 bits per heavy atom. The number of rotatable bonds is 1. The molecular weight excluding hydrogens is 156 g/mol. The van der Waals surface area contributed by atoms with E-state index in [-0.39, 0.29) is 0 Å². The maximum Gasteiger partial charge on any atom is 0.0465 e. The minimum absolute atomic E-state index is 0.422. The van der Waals surface area contributed by atoms with Crippen LogP contribution in [0.1, 0.15) is 26.2 Å². The largest absolute Gasteiger partial charge is 0.396 e. The first-order chi connectivity index (χ1) is 5.29. The van der Waals surface area contributed by atoms with Crippen molar-refractivity contribution in [2.75, 3.05) is 12.4 Å². The molecule has 1 N–H and O–H groups in total. The third-order valence-corrected chi connectivity index (χ3v) is 4.96. The van der Waals surface area contributed by atoms with E-state index in [1.807, 2.05) is 0 Å². The molecule has 1 nitrogen and oxygen atoms in total. The van der Waals surface area contributed by atoms with Crippen molar-refractivity contribution < 1.29 is 5.11 Å². The second-order valence-electron chi connectivity index (χ2n) is 3.93. The molecule has 1 heterocycles. The zero-order valence-electron chi connectivity index (χ0n) is 7.05. The molecule has 2 heteroatoms. The highest BCUT2D eigenvalue weighted by Gasteiger charge is 2.57. The van der Waals surface area contributed by atoms with E-state index >= 15 is 0 Å². The maximum atomic E-state index is 9.03. The van der Waals surface area contributed by atoms with Crippen LogP contribution in [0.3, 0.4) is 0 Å². The summed E-state index contributed by atoms with van der Waals surface area (Å²) in [5.74, 6) is 1.98. The highest BCUT2D eigenvalue weighted by atomic mass is 32.2. The Balaban J connectivity index is 2.01. The molecule has 0 aromatic heterocycles. The second kappa shape index (κ2) is 2.67. The lowest BCUT2D eigenvalue weighted by atomic mass is 9.93. The zero-order chi connectivity index (χ0) is 7.90. The van der Waals surface area contributed by atoms with Gasteiger partial charge in [0.1, 0.15) is 0 Å². The first kappa shape index (κ1) is 7.93. The zero-order valence-corrected chi connectivity index (χ0v) is 7.86. The third-order valence-electron chi connectivity index (χ3n) is 3.46. The topological polar surface area (TPSA) is 20.2 Å². The van der Waals surface area contributed by atoms with Gasteiger partial charge in [0.2, 0.25) is 0 Å². The van der Waals surface area contributed by atoms with Crippen LogP contribution in [0.15, 0.2) is 0 Å². The quantitative estimate of drug-likeness (QED) is 0.652. The number of aliphatic hydroxyl groups excluding tert-OH is 1. The van der Waals surface area contributed by atoms with Crippen LogP contribution in [0, 0.1) is 11.3 Å². The van der Waals surface area contributed by atoms with Crippen molar-refractivity contribution in [3.63, 3.8) is 0 Å². The molecule has 1 aliphatic heterocycles. The monoisotopic (exact) mass is 172 g/mol. The highest BCUT2D eigenvalue weighted by molar-refractivity contribution is 7.99. The van der Waals surface area contributed by atoms with Crippen LogP contribution in [0.4, 0.5) is 0 Å². The summed E-state index contributed by atoms with van der Waals surface area (Å²) < 4.78 is 0. The van der Waals surface area contributed by atoms with E-state index < -0.39 is 0 Å². The average Bonchev–Trinajstić information content (AvgIpc) is 2.72. The molecule has 0 amide bonds. The van der Waals surface area contributed by atoms with E-state index in [2.05, 4.69) is 18.7 Å². The molecule has 1 saturated heterocycles. The summed E-state index contributed by atoms with van der Waals surface area (Å²) in [5.41, 5.74) is 0.567. The van der Waals surface area contributed by atoms with E-state index in [4.69, 9.17) is 5.11 Å². The van der Waals surface area contributed by atoms with Gasteiger partial charge in [0.15, 0.2) is 0 Å². The molecule has 0 radical (unpaired) electrons. The number of hydrogen-bond donors (Lipinski definition) is 1. The Bertz CT molecular complexity index is 160. The van der Waals surface area contributed by atoms with Gasteiger partial charge in [0, 0.05) is 11.9 Å². The molecule has 2 fully saturated rings. The fraction of sp³-hybridized carbons (Fsp3) is 1.00. The lowest BCUT2D eigenvalue weighted by Crippen LogP contribution is -2.23. The Labute approximate surface area is 72.6 Å². The molecule has 2 rings (SSSR count). The Kier molecular flexibility index (Phi) is 1.92. The normalized spacial score (nSPS) is 49.6. The summed E-state index contributed by atoms with van der Waals surface area (Å²) in [4.78, 5) is 0. The van der Waals surface area contributed by atoms with Gasteiger partial charge in [-0.2, -0.15) is 11.8 Å². The fourth-order valence-electron chi connectivity index (χ4n) is 2.48. The molecule has 0 aromatic carbocycles. The number of hydrogen-bond acceptors (Lipinski definition) is 2. The summed E-state index contributed by atoms with van der Waals surface area (Å²) in [6, 6.07) is 0. The van der Waals surface area contributed by atoms with Gasteiger partial charge in [0.05, 0.1) is 0 Å². The van der Waals surface area contributed by atoms with Gasteiger partial charge in [-0.1, -0.05) is 6.92 Å². The van der Waals surface area contributed by atoms with Crippen LogP contribution >= 0.6 is 11.8 Å². The van der Waals surface area contributed by atoms with Crippen LogP contribution in [0.5, 0.6) is 0 Å². The maximum absolute atomic E-state index is 9.03. The smallest absolute Gasteiger partial charge is 0.0465 e. The minimum Gasteiger partial charge on any atom is -0.396 e. The predicted molar refractivity (Wildman–Crippen MR) is 48.8 cm³/mol. The molecular formula is C9H16OS. The molecule has 1 saturated carbocycles. The van der Waals surface area contributed by atoms with E-state index in [1.54, 1.807) is 0 Å². The van der Waals surface area contributed by atoms with Crippen molar-refractivity contribution in [1.82, 2.24) is 0 Å². The molecule has 0 aromatic rings. The molecule has 64 valence electrons. The minimum atomic E-state index is 0.422. The fourth-order valence-corrected chi connectivity index (χ4v) is 3.88. The van der Waals surface area contributed by atoms with Crippen LogP contribution in [0.25, 0.3) is 0 Å². The van der Waals surface area contributed by atoms with E-state index in [0.717, 1.165) is 5.25 Å².